The van der Waals surface area contributed by atoms with Gasteiger partial charge < -0.3 is 5.32 Å². The van der Waals surface area contributed by atoms with Gasteiger partial charge in [0.1, 0.15) is 11.8 Å². The maximum absolute atomic E-state index is 11.6. The number of aromatic nitrogens is 1. The fourth-order valence-electron chi connectivity index (χ4n) is 1.19. The first-order chi connectivity index (χ1) is 7.54. The summed E-state index contributed by atoms with van der Waals surface area (Å²) >= 11 is 0. The van der Waals surface area contributed by atoms with Gasteiger partial charge in [0.25, 0.3) is 5.91 Å². The topological polar surface area (TPSA) is 65.8 Å². The predicted octanol–water partition coefficient (Wildman–Crippen LogP) is 1.65. The molecule has 0 spiro atoms. The number of carbonyl (C=O) groups is 1. The third-order valence-corrected chi connectivity index (χ3v) is 2.11. The molecule has 1 amide bonds. The number of aryl methyl sites for hydroxylation is 1. The summed E-state index contributed by atoms with van der Waals surface area (Å²) in [5.74, 6) is 0.213. The fourth-order valence-corrected chi connectivity index (χ4v) is 1.19. The number of rotatable bonds is 3. The molecule has 0 aromatic carbocycles. The van der Waals surface area contributed by atoms with Crippen molar-refractivity contribution in [3.63, 3.8) is 0 Å². The number of carbonyl (C=O) groups excluding carboxylic acids is 1. The minimum atomic E-state index is -0.193. The van der Waals surface area contributed by atoms with Gasteiger partial charge in [0.15, 0.2) is 0 Å². The first kappa shape index (κ1) is 12.2. The standard InChI is InChI=1S/C12H15N3O/c1-8(2)7-14-12(16)11-5-4-10(6-13)9(3)15-11/h4-5,8H,7H2,1-3H3,(H,14,16). The molecule has 1 N–H and O–H groups in total. The van der Waals surface area contributed by atoms with Gasteiger partial charge in [-0.15, -0.1) is 0 Å². The van der Waals surface area contributed by atoms with Crippen molar-refractivity contribution in [3.05, 3.63) is 29.1 Å². The maximum Gasteiger partial charge on any atom is 0.269 e. The molecule has 1 aromatic heterocycles. The first-order valence-corrected chi connectivity index (χ1v) is 5.20. The molecule has 0 aliphatic heterocycles. The van der Waals surface area contributed by atoms with Crippen molar-refractivity contribution in [2.24, 2.45) is 5.92 Å². The van der Waals surface area contributed by atoms with Crippen molar-refractivity contribution >= 4 is 5.91 Å². The minimum absolute atomic E-state index is 0.193. The summed E-state index contributed by atoms with van der Waals surface area (Å²) < 4.78 is 0. The largest absolute Gasteiger partial charge is 0.350 e. The Balaban J connectivity index is 2.78. The summed E-state index contributed by atoms with van der Waals surface area (Å²) in [6, 6.07) is 5.21. The van der Waals surface area contributed by atoms with E-state index in [1.54, 1.807) is 19.1 Å². The summed E-state index contributed by atoms with van der Waals surface area (Å²) in [6.07, 6.45) is 0. The zero-order chi connectivity index (χ0) is 12.1. The first-order valence-electron chi connectivity index (χ1n) is 5.20. The monoisotopic (exact) mass is 217 g/mol. The third kappa shape index (κ3) is 3.06. The fraction of sp³-hybridized carbons (Fsp3) is 0.417. The molecule has 4 nitrogen and oxygen atoms in total. The van der Waals surface area contributed by atoms with Gasteiger partial charge in [-0.25, -0.2) is 4.98 Å². The average molecular weight is 217 g/mol. The van der Waals surface area contributed by atoms with E-state index in [9.17, 15) is 4.79 Å². The third-order valence-electron chi connectivity index (χ3n) is 2.11. The van der Waals surface area contributed by atoms with E-state index in [-0.39, 0.29) is 5.91 Å². The number of hydrogen-bond donors (Lipinski definition) is 1. The second kappa shape index (κ2) is 5.26. The lowest BCUT2D eigenvalue weighted by Gasteiger charge is -2.07. The van der Waals surface area contributed by atoms with Gasteiger partial charge >= 0.3 is 0 Å². The van der Waals surface area contributed by atoms with Gasteiger partial charge in [0, 0.05) is 6.54 Å². The number of nitrogens with one attached hydrogen (secondary N) is 1. The van der Waals surface area contributed by atoms with Crippen molar-refractivity contribution < 1.29 is 4.79 Å². The molecule has 0 fully saturated rings. The van der Waals surface area contributed by atoms with E-state index < -0.39 is 0 Å². The Hall–Kier alpha value is -1.89. The van der Waals surface area contributed by atoms with E-state index in [2.05, 4.69) is 10.3 Å². The van der Waals surface area contributed by atoms with E-state index in [4.69, 9.17) is 5.26 Å². The number of amides is 1. The second-order valence-electron chi connectivity index (χ2n) is 4.05. The van der Waals surface area contributed by atoms with Crippen LogP contribution in [0.3, 0.4) is 0 Å². The highest BCUT2D eigenvalue weighted by Crippen LogP contribution is 2.05. The molecule has 0 saturated carbocycles. The SMILES string of the molecule is Cc1nc(C(=O)NCC(C)C)ccc1C#N. The van der Waals surface area contributed by atoms with Gasteiger partial charge in [0.2, 0.25) is 0 Å². The normalized spacial score (nSPS) is 9.94. The van der Waals surface area contributed by atoms with E-state index in [1.807, 2.05) is 19.9 Å². The van der Waals surface area contributed by atoms with Crippen LogP contribution in [0, 0.1) is 24.2 Å². The molecule has 0 unspecified atom stereocenters. The Morgan fingerprint density at radius 2 is 2.25 bits per heavy atom. The lowest BCUT2D eigenvalue weighted by atomic mass is 10.2. The molecular formula is C12H15N3O. The molecule has 0 bridgehead atoms. The molecule has 84 valence electrons. The zero-order valence-electron chi connectivity index (χ0n) is 9.74. The molecular weight excluding hydrogens is 202 g/mol. The molecule has 4 heteroatoms. The van der Waals surface area contributed by atoms with E-state index in [0.29, 0.717) is 29.4 Å². The van der Waals surface area contributed by atoms with Crippen LogP contribution in [0.15, 0.2) is 12.1 Å². The lowest BCUT2D eigenvalue weighted by molar-refractivity contribution is 0.0944. The van der Waals surface area contributed by atoms with Gasteiger partial charge in [-0.3, -0.25) is 4.79 Å². The van der Waals surface area contributed by atoms with Crippen molar-refractivity contribution in [3.8, 4) is 6.07 Å². The number of hydrogen-bond acceptors (Lipinski definition) is 3. The van der Waals surface area contributed by atoms with Gasteiger partial charge in [-0.1, -0.05) is 13.8 Å². The molecule has 1 heterocycles. The molecule has 0 aliphatic rings. The smallest absolute Gasteiger partial charge is 0.269 e. The van der Waals surface area contributed by atoms with E-state index >= 15 is 0 Å². The Labute approximate surface area is 95.3 Å². The molecule has 16 heavy (non-hydrogen) atoms. The molecule has 1 aromatic rings. The highest BCUT2D eigenvalue weighted by atomic mass is 16.1. The molecule has 0 aliphatic carbocycles. The lowest BCUT2D eigenvalue weighted by Crippen LogP contribution is -2.28. The van der Waals surface area contributed by atoms with Crippen LogP contribution in [0.2, 0.25) is 0 Å². The minimum Gasteiger partial charge on any atom is -0.350 e. The molecule has 0 radical (unpaired) electrons. The van der Waals surface area contributed by atoms with Crippen LogP contribution in [0.4, 0.5) is 0 Å². The Bertz CT molecular complexity index is 432. The van der Waals surface area contributed by atoms with Crippen LogP contribution < -0.4 is 5.32 Å². The van der Waals surface area contributed by atoms with Crippen LogP contribution in [0.25, 0.3) is 0 Å². The Kier molecular flexibility index (Phi) is 4.01. The van der Waals surface area contributed by atoms with Gasteiger partial charge in [-0.2, -0.15) is 5.26 Å². The second-order valence-corrected chi connectivity index (χ2v) is 4.05. The summed E-state index contributed by atoms with van der Waals surface area (Å²) in [5.41, 5.74) is 1.44. The van der Waals surface area contributed by atoms with Crippen LogP contribution in [-0.4, -0.2) is 17.4 Å². The van der Waals surface area contributed by atoms with Gasteiger partial charge in [-0.05, 0) is 25.0 Å². The Morgan fingerprint density at radius 3 is 2.75 bits per heavy atom. The van der Waals surface area contributed by atoms with Crippen LogP contribution in [0.5, 0.6) is 0 Å². The quantitative estimate of drug-likeness (QED) is 0.837. The number of nitrogens with zero attached hydrogens (tertiary/aromatic N) is 2. The molecule has 0 atom stereocenters. The summed E-state index contributed by atoms with van der Waals surface area (Å²) in [7, 11) is 0. The van der Waals surface area contributed by atoms with E-state index in [1.165, 1.54) is 0 Å². The highest BCUT2D eigenvalue weighted by Gasteiger charge is 2.09. The summed E-state index contributed by atoms with van der Waals surface area (Å²) in [5, 5.41) is 11.5. The van der Waals surface area contributed by atoms with Crippen molar-refractivity contribution in [1.29, 1.82) is 5.26 Å². The molecule has 0 saturated heterocycles. The Morgan fingerprint density at radius 1 is 1.56 bits per heavy atom. The summed E-state index contributed by atoms with van der Waals surface area (Å²) in [4.78, 5) is 15.7. The van der Waals surface area contributed by atoms with Crippen molar-refractivity contribution in [1.82, 2.24) is 10.3 Å². The predicted molar refractivity (Wildman–Crippen MR) is 60.9 cm³/mol. The van der Waals surface area contributed by atoms with Crippen LogP contribution in [-0.2, 0) is 0 Å². The highest BCUT2D eigenvalue weighted by molar-refractivity contribution is 5.92. The number of pyridine rings is 1. The van der Waals surface area contributed by atoms with Crippen molar-refractivity contribution in [2.45, 2.75) is 20.8 Å². The maximum atomic E-state index is 11.6. The summed E-state index contributed by atoms with van der Waals surface area (Å²) in [6.45, 7) is 6.40. The average Bonchev–Trinajstić information content (AvgIpc) is 2.25. The van der Waals surface area contributed by atoms with Gasteiger partial charge in [0.05, 0.1) is 11.3 Å². The zero-order valence-corrected chi connectivity index (χ0v) is 9.74. The molecule has 1 rings (SSSR count). The van der Waals surface area contributed by atoms with Crippen LogP contribution in [0.1, 0.15) is 35.6 Å². The van der Waals surface area contributed by atoms with Crippen molar-refractivity contribution in [2.75, 3.05) is 6.54 Å². The number of nitriles is 1. The van der Waals surface area contributed by atoms with Crippen LogP contribution >= 0.6 is 0 Å². The van der Waals surface area contributed by atoms with E-state index in [0.717, 1.165) is 0 Å².